The molecule has 0 aliphatic carbocycles. The molecule has 5 heteroatoms. The predicted molar refractivity (Wildman–Crippen MR) is 54.6 cm³/mol. The van der Waals surface area contributed by atoms with Gasteiger partial charge in [-0.25, -0.2) is 9.37 Å². The molecule has 0 spiro atoms. The number of nitrogens with zero attached hydrogens (tertiary/aromatic N) is 1. The Kier molecular flexibility index (Phi) is 2.00. The molecule has 76 valence electrons. The Morgan fingerprint density at radius 2 is 2.07 bits per heavy atom. The van der Waals surface area contributed by atoms with Crippen molar-refractivity contribution in [3.8, 4) is 0 Å². The maximum Gasteiger partial charge on any atom is 0.252 e. The van der Waals surface area contributed by atoms with Gasteiger partial charge in [-0.15, -0.1) is 0 Å². The van der Waals surface area contributed by atoms with E-state index in [1.54, 1.807) is 0 Å². The van der Waals surface area contributed by atoms with Crippen molar-refractivity contribution in [3.63, 3.8) is 0 Å². The van der Waals surface area contributed by atoms with Crippen molar-refractivity contribution in [3.05, 3.63) is 35.6 Å². The summed E-state index contributed by atoms with van der Waals surface area (Å²) in [7, 11) is 0. The van der Waals surface area contributed by atoms with Crippen LogP contribution in [0.1, 0.15) is 10.4 Å². The number of hydrogen-bond donors (Lipinski definition) is 2. The fraction of sp³-hybridized carbons (Fsp3) is 0. The van der Waals surface area contributed by atoms with E-state index in [9.17, 15) is 9.18 Å². The first kappa shape index (κ1) is 9.39. The Balaban J connectivity index is 2.77. The molecule has 0 atom stereocenters. The summed E-state index contributed by atoms with van der Waals surface area (Å²) in [6, 6.07) is 5.47. The summed E-state index contributed by atoms with van der Waals surface area (Å²) < 4.78 is 12.9. The van der Waals surface area contributed by atoms with Gasteiger partial charge in [0.05, 0.1) is 11.1 Å². The van der Waals surface area contributed by atoms with Crippen LogP contribution in [0.2, 0.25) is 0 Å². The number of nitrogen functional groups attached to an aromatic ring is 1. The molecule has 1 aromatic heterocycles. The van der Waals surface area contributed by atoms with Gasteiger partial charge in [0.2, 0.25) is 0 Å². The lowest BCUT2D eigenvalue weighted by Crippen LogP contribution is -2.14. The van der Waals surface area contributed by atoms with E-state index in [2.05, 4.69) is 4.98 Å². The molecule has 1 heterocycles. The van der Waals surface area contributed by atoms with Crippen molar-refractivity contribution in [1.29, 1.82) is 0 Å². The van der Waals surface area contributed by atoms with Gasteiger partial charge in [0.1, 0.15) is 11.6 Å². The average molecular weight is 205 g/mol. The molecule has 4 N–H and O–H groups in total. The maximum absolute atomic E-state index is 12.9. The van der Waals surface area contributed by atoms with E-state index in [0.717, 1.165) is 0 Å². The molecule has 0 radical (unpaired) electrons. The zero-order chi connectivity index (χ0) is 11.0. The van der Waals surface area contributed by atoms with Crippen molar-refractivity contribution >= 4 is 22.6 Å². The van der Waals surface area contributed by atoms with Gasteiger partial charge in [0.15, 0.2) is 0 Å². The predicted octanol–water partition coefficient (Wildman–Crippen LogP) is 1.05. The van der Waals surface area contributed by atoms with Crippen LogP contribution in [-0.2, 0) is 0 Å². The van der Waals surface area contributed by atoms with Crippen LogP contribution in [0, 0.1) is 5.82 Å². The van der Waals surface area contributed by atoms with Crippen LogP contribution in [0.4, 0.5) is 10.2 Å². The molecular formula is C10H8FN3O. The number of pyridine rings is 1. The smallest absolute Gasteiger partial charge is 0.252 e. The van der Waals surface area contributed by atoms with Gasteiger partial charge >= 0.3 is 0 Å². The van der Waals surface area contributed by atoms with Gasteiger partial charge in [-0.05, 0) is 24.3 Å². The number of halogens is 1. The third kappa shape index (κ3) is 1.59. The number of carbonyl (C=O) groups excluding carboxylic acids is 1. The number of primary amides is 1. The molecule has 1 aromatic carbocycles. The lowest BCUT2D eigenvalue weighted by Gasteiger charge is -2.03. The highest BCUT2D eigenvalue weighted by atomic mass is 19.1. The third-order valence-corrected chi connectivity index (χ3v) is 2.07. The Morgan fingerprint density at radius 1 is 1.33 bits per heavy atom. The molecule has 2 aromatic rings. The summed E-state index contributed by atoms with van der Waals surface area (Å²) in [5.41, 5.74) is 11.2. The topological polar surface area (TPSA) is 82.0 Å². The molecule has 0 aliphatic heterocycles. The van der Waals surface area contributed by atoms with E-state index in [-0.39, 0.29) is 11.4 Å². The molecular weight excluding hydrogens is 197 g/mol. The first-order chi connectivity index (χ1) is 7.08. The second-order valence-electron chi connectivity index (χ2n) is 3.12. The standard InChI is InChI=1S/C10H8FN3O/c11-6-1-2-8-5(3-6)4-7(10(13)15)9(12)14-8/h1-4H,(H2,12,14)(H2,13,15). The fourth-order valence-corrected chi connectivity index (χ4v) is 1.36. The van der Waals surface area contributed by atoms with Crippen molar-refractivity contribution in [2.75, 3.05) is 5.73 Å². The van der Waals surface area contributed by atoms with E-state index >= 15 is 0 Å². The molecule has 15 heavy (non-hydrogen) atoms. The van der Waals surface area contributed by atoms with Crippen LogP contribution in [0.3, 0.4) is 0 Å². The second kappa shape index (κ2) is 3.20. The van der Waals surface area contributed by atoms with E-state index in [0.29, 0.717) is 10.9 Å². The minimum Gasteiger partial charge on any atom is -0.383 e. The Labute approximate surface area is 84.7 Å². The van der Waals surface area contributed by atoms with Gasteiger partial charge in [0, 0.05) is 5.39 Å². The van der Waals surface area contributed by atoms with Crippen LogP contribution in [0.15, 0.2) is 24.3 Å². The molecule has 4 nitrogen and oxygen atoms in total. The third-order valence-electron chi connectivity index (χ3n) is 2.07. The largest absolute Gasteiger partial charge is 0.383 e. The monoisotopic (exact) mass is 205 g/mol. The Morgan fingerprint density at radius 3 is 2.73 bits per heavy atom. The van der Waals surface area contributed by atoms with Crippen LogP contribution >= 0.6 is 0 Å². The van der Waals surface area contributed by atoms with Crippen LogP contribution in [-0.4, -0.2) is 10.9 Å². The second-order valence-corrected chi connectivity index (χ2v) is 3.12. The van der Waals surface area contributed by atoms with Gasteiger partial charge in [-0.1, -0.05) is 0 Å². The SMILES string of the molecule is NC(=O)c1cc2cc(F)ccc2nc1N. The molecule has 0 saturated carbocycles. The number of benzene rings is 1. The molecule has 0 bridgehead atoms. The summed E-state index contributed by atoms with van der Waals surface area (Å²) >= 11 is 0. The van der Waals surface area contributed by atoms with E-state index in [1.165, 1.54) is 24.3 Å². The van der Waals surface area contributed by atoms with Crippen molar-refractivity contribution in [1.82, 2.24) is 4.98 Å². The van der Waals surface area contributed by atoms with E-state index in [4.69, 9.17) is 11.5 Å². The van der Waals surface area contributed by atoms with Gasteiger partial charge in [-0.3, -0.25) is 4.79 Å². The highest BCUT2D eigenvalue weighted by Crippen LogP contribution is 2.18. The number of amides is 1. The minimum atomic E-state index is -0.675. The normalized spacial score (nSPS) is 10.5. The van der Waals surface area contributed by atoms with Gasteiger partial charge in [-0.2, -0.15) is 0 Å². The summed E-state index contributed by atoms with van der Waals surface area (Å²) in [6.45, 7) is 0. The van der Waals surface area contributed by atoms with E-state index < -0.39 is 11.7 Å². The lowest BCUT2D eigenvalue weighted by molar-refractivity contribution is 0.100. The minimum absolute atomic E-state index is 0.0570. The zero-order valence-electron chi connectivity index (χ0n) is 7.70. The average Bonchev–Trinajstić information content (AvgIpc) is 2.17. The number of aromatic nitrogens is 1. The molecule has 1 amide bonds. The van der Waals surface area contributed by atoms with Crippen LogP contribution in [0.5, 0.6) is 0 Å². The van der Waals surface area contributed by atoms with Crippen molar-refractivity contribution in [2.45, 2.75) is 0 Å². The number of nitrogens with two attached hydrogens (primary N) is 2. The Hall–Kier alpha value is -2.17. The first-order valence-electron chi connectivity index (χ1n) is 4.23. The molecule has 0 saturated heterocycles. The number of rotatable bonds is 1. The van der Waals surface area contributed by atoms with Gasteiger partial charge < -0.3 is 11.5 Å². The van der Waals surface area contributed by atoms with Crippen molar-refractivity contribution in [2.24, 2.45) is 5.73 Å². The first-order valence-corrected chi connectivity index (χ1v) is 4.23. The summed E-state index contributed by atoms with van der Waals surface area (Å²) in [5, 5.41) is 0.498. The fourth-order valence-electron chi connectivity index (χ4n) is 1.36. The quantitative estimate of drug-likeness (QED) is 0.730. The molecule has 0 aliphatic rings. The number of anilines is 1. The maximum atomic E-state index is 12.9. The van der Waals surface area contributed by atoms with Crippen molar-refractivity contribution < 1.29 is 9.18 Å². The summed E-state index contributed by atoms with van der Waals surface area (Å²) in [5.74, 6) is -1.02. The van der Waals surface area contributed by atoms with Crippen LogP contribution < -0.4 is 11.5 Å². The Bertz CT molecular complexity index is 554. The number of hydrogen-bond acceptors (Lipinski definition) is 3. The number of fused-ring (bicyclic) bond motifs is 1. The number of carbonyl (C=O) groups is 1. The molecule has 0 fully saturated rings. The van der Waals surface area contributed by atoms with Gasteiger partial charge in [0.25, 0.3) is 5.91 Å². The van der Waals surface area contributed by atoms with Crippen LogP contribution in [0.25, 0.3) is 10.9 Å². The zero-order valence-corrected chi connectivity index (χ0v) is 7.70. The highest BCUT2D eigenvalue weighted by Gasteiger charge is 2.09. The molecule has 0 unspecified atom stereocenters. The highest BCUT2D eigenvalue weighted by molar-refractivity contribution is 6.00. The van der Waals surface area contributed by atoms with E-state index in [1.807, 2.05) is 0 Å². The summed E-state index contributed by atoms with van der Waals surface area (Å²) in [4.78, 5) is 14.9. The summed E-state index contributed by atoms with van der Waals surface area (Å²) in [6.07, 6.45) is 0. The molecule has 2 rings (SSSR count). The lowest BCUT2D eigenvalue weighted by atomic mass is 10.1.